The van der Waals surface area contributed by atoms with Crippen molar-refractivity contribution in [3.05, 3.63) is 0 Å². The van der Waals surface area contributed by atoms with Gasteiger partial charge in [-0.3, -0.25) is 4.79 Å². The Morgan fingerprint density at radius 3 is 2.42 bits per heavy atom. The first-order chi connectivity index (χ1) is 8.44. The first-order valence-corrected chi connectivity index (χ1v) is 8.83. The van der Waals surface area contributed by atoms with Gasteiger partial charge in [0.1, 0.15) is 0 Å². The molecular weight excluding hydrogens is 310 g/mol. The van der Waals surface area contributed by atoms with Gasteiger partial charge in [0, 0.05) is 31.1 Å². The van der Waals surface area contributed by atoms with E-state index in [-0.39, 0.29) is 30.6 Å². The molecule has 0 aromatic rings. The number of nitrogens with one attached hydrogen (secondary N) is 1. The number of nitrogens with two attached hydrogens (primary N) is 1. The Balaban J connectivity index is 0.00000180. The molecule has 3 N–H and O–H groups in total. The largest absolute Gasteiger partial charge is 0.353 e. The van der Waals surface area contributed by atoms with Gasteiger partial charge in [-0.1, -0.05) is 0 Å². The lowest BCUT2D eigenvalue weighted by atomic mass is 10.3. The molecule has 1 amide bonds. The van der Waals surface area contributed by atoms with E-state index >= 15 is 0 Å². The molecule has 1 saturated heterocycles. The van der Waals surface area contributed by atoms with E-state index in [4.69, 9.17) is 5.73 Å². The third-order valence-electron chi connectivity index (χ3n) is 3.25. The molecule has 112 valence electrons. The van der Waals surface area contributed by atoms with Gasteiger partial charge in [0.15, 0.2) is 0 Å². The summed E-state index contributed by atoms with van der Waals surface area (Å²) in [6, 6.07) is 0. The Kier molecular flexibility index (Phi) is 5.94. The zero-order chi connectivity index (χ0) is 13.2. The molecule has 0 spiro atoms. The lowest BCUT2D eigenvalue weighted by Gasteiger charge is -2.25. The molecule has 0 aromatic carbocycles. The summed E-state index contributed by atoms with van der Waals surface area (Å²) in [6.07, 6.45) is 1.38. The molecular formula is C10H20ClN3O3S2. The number of carbonyl (C=O) groups is 1. The fraction of sp³-hybridized carbons (Fsp3) is 0.900. The molecule has 1 aliphatic carbocycles. The van der Waals surface area contributed by atoms with Gasteiger partial charge in [0.05, 0.1) is 11.3 Å². The number of amides is 1. The highest BCUT2D eigenvalue weighted by molar-refractivity contribution is 7.99. The average Bonchev–Trinajstić information content (AvgIpc) is 3.09. The topological polar surface area (TPSA) is 92.5 Å². The van der Waals surface area contributed by atoms with E-state index in [2.05, 4.69) is 5.32 Å². The minimum absolute atomic E-state index is 0. The van der Waals surface area contributed by atoms with Gasteiger partial charge in [0.2, 0.25) is 15.9 Å². The number of hydrogen-bond donors (Lipinski definition) is 2. The van der Waals surface area contributed by atoms with E-state index in [9.17, 15) is 13.2 Å². The summed E-state index contributed by atoms with van der Waals surface area (Å²) >= 11 is 1.76. The fourth-order valence-electron chi connectivity index (χ4n) is 1.79. The van der Waals surface area contributed by atoms with Gasteiger partial charge < -0.3 is 11.1 Å². The second kappa shape index (κ2) is 6.62. The minimum Gasteiger partial charge on any atom is -0.353 e. The molecule has 2 rings (SSSR count). The van der Waals surface area contributed by atoms with Crippen molar-refractivity contribution in [3.8, 4) is 0 Å². The van der Waals surface area contributed by atoms with Crippen LogP contribution >= 0.6 is 24.2 Å². The van der Waals surface area contributed by atoms with Crippen molar-refractivity contribution in [3.63, 3.8) is 0 Å². The minimum atomic E-state index is -3.24. The van der Waals surface area contributed by atoms with E-state index in [1.54, 1.807) is 11.8 Å². The molecule has 0 atom stereocenters. The van der Waals surface area contributed by atoms with E-state index in [0.717, 1.165) is 11.5 Å². The molecule has 2 aliphatic rings. The summed E-state index contributed by atoms with van der Waals surface area (Å²) in [6.45, 7) is 1.29. The van der Waals surface area contributed by atoms with Gasteiger partial charge in [-0.2, -0.15) is 11.8 Å². The van der Waals surface area contributed by atoms with Gasteiger partial charge in [-0.05, 0) is 12.8 Å². The van der Waals surface area contributed by atoms with Crippen LogP contribution in [-0.2, 0) is 14.8 Å². The van der Waals surface area contributed by atoms with E-state index in [0.29, 0.717) is 25.9 Å². The average molecular weight is 330 g/mol. The number of carbonyl (C=O) groups excluding carboxylic acids is 1. The molecule has 1 heterocycles. The van der Waals surface area contributed by atoms with Crippen molar-refractivity contribution in [1.82, 2.24) is 9.62 Å². The van der Waals surface area contributed by atoms with Gasteiger partial charge in [0.25, 0.3) is 0 Å². The van der Waals surface area contributed by atoms with Crippen molar-refractivity contribution in [1.29, 1.82) is 0 Å². The smallest absolute Gasteiger partial charge is 0.240 e. The molecule has 19 heavy (non-hydrogen) atoms. The van der Waals surface area contributed by atoms with Crippen molar-refractivity contribution < 1.29 is 13.2 Å². The highest BCUT2D eigenvalue weighted by Crippen LogP contribution is 2.31. The molecule has 1 aliphatic heterocycles. The second-order valence-electron chi connectivity index (χ2n) is 4.74. The molecule has 0 bridgehead atoms. The lowest BCUT2D eigenvalue weighted by Crippen LogP contribution is -2.46. The first kappa shape index (κ1) is 17.0. The predicted molar refractivity (Wildman–Crippen MR) is 79.1 cm³/mol. The Labute approximate surface area is 124 Å². The molecule has 1 saturated carbocycles. The molecule has 0 aromatic heterocycles. The van der Waals surface area contributed by atoms with Crippen LogP contribution in [0.1, 0.15) is 12.8 Å². The third-order valence-corrected chi connectivity index (χ3v) is 6.06. The molecule has 6 nitrogen and oxygen atoms in total. The van der Waals surface area contributed by atoms with E-state index < -0.39 is 15.6 Å². The van der Waals surface area contributed by atoms with Crippen LogP contribution in [0.3, 0.4) is 0 Å². The molecule has 9 heteroatoms. The van der Waals surface area contributed by atoms with E-state index in [1.165, 1.54) is 4.31 Å². The number of rotatable bonds is 5. The summed E-state index contributed by atoms with van der Waals surface area (Å²) in [5.74, 6) is 1.42. The van der Waals surface area contributed by atoms with Crippen LogP contribution in [-0.4, -0.2) is 61.1 Å². The first-order valence-electron chi connectivity index (χ1n) is 6.07. The lowest BCUT2D eigenvalue weighted by molar-refractivity contribution is -0.123. The van der Waals surface area contributed by atoms with Crippen molar-refractivity contribution in [2.45, 2.75) is 18.4 Å². The summed E-state index contributed by atoms with van der Waals surface area (Å²) in [4.78, 5) is 11.5. The third kappa shape index (κ3) is 4.49. The number of nitrogens with zero attached hydrogens (tertiary/aromatic N) is 1. The van der Waals surface area contributed by atoms with Gasteiger partial charge >= 0.3 is 0 Å². The van der Waals surface area contributed by atoms with Crippen LogP contribution in [0, 0.1) is 0 Å². The van der Waals surface area contributed by atoms with Crippen LogP contribution in [0.4, 0.5) is 0 Å². The van der Waals surface area contributed by atoms with Crippen LogP contribution in [0.15, 0.2) is 0 Å². The molecule has 2 fully saturated rings. The Hall–Kier alpha value is -0.0200. The van der Waals surface area contributed by atoms with Crippen LogP contribution in [0.5, 0.6) is 0 Å². The molecule has 0 unspecified atom stereocenters. The Morgan fingerprint density at radius 1 is 1.32 bits per heavy atom. The van der Waals surface area contributed by atoms with Crippen LogP contribution < -0.4 is 11.1 Å². The highest BCUT2D eigenvalue weighted by Gasteiger charge is 2.45. The summed E-state index contributed by atoms with van der Waals surface area (Å²) in [7, 11) is -3.24. The van der Waals surface area contributed by atoms with Crippen LogP contribution in [0.2, 0.25) is 0 Å². The predicted octanol–water partition coefficient (Wildman–Crippen LogP) is -0.606. The second-order valence-corrected chi connectivity index (χ2v) is 8.05. The standard InChI is InChI=1S/C10H19N3O3S2.ClH/c11-10(1-2-10)9(14)12-3-8-18(15,16)13-4-6-17-7-5-13;/h1-8,11H2,(H,12,14);1H. The maximum Gasteiger partial charge on any atom is 0.240 e. The van der Waals surface area contributed by atoms with Crippen molar-refractivity contribution in [2.24, 2.45) is 5.73 Å². The summed E-state index contributed by atoms with van der Waals surface area (Å²) in [5.41, 5.74) is 4.98. The number of sulfonamides is 1. The SMILES string of the molecule is Cl.NC1(C(=O)NCCS(=O)(=O)N2CCSCC2)CC1. The number of hydrogen-bond acceptors (Lipinski definition) is 5. The fourth-order valence-corrected chi connectivity index (χ4v) is 4.28. The maximum absolute atomic E-state index is 12.0. The Morgan fingerprint density at radius 2 is 1.89 bits per heavy atom. The summed E-state index contributed by atoms with van der Waals surface area (Å²) < 4.78 is 25.4. The Bertz CT molecular complexity index is 420. The quantitative estimate of drug-likeness (QED) is 0.702. The summed E-state index contributed by atoms with van der Waals surface area (Å²) in [5, 5.41) is 2.61. The van der Waals surface area contributed by atoms with Gasteiger partial charge in [-0.25, -0.2) is 12.7 Å². The van der Waals surface area contributed by atoms with E-state index in [1.807, 2.05) is 0 Å². The number of thioether (sulfide) groups is 1. The highest BCUT2D eigenvalue weighted by atomic mass is 35.5. The van der Waals surface area contributed by atoms with Gasteiger partial charge in [-0.15, -0.1) is 12.4 Å². The zero-order valence-electron chi connectivity index (χ0n) is 10.6. The zero-order valence-corrected chi connectivity index (χ0v) is 13.1. The monoisotopic (exact) mass is 329 g/mol. The van der Waals surface area contributed by atoms with Crippen molar-refractivity contribution >= 4 is 40.1 Å². The normalized spacial score (nSPS) is 22.4. The molecule has 0 radical (unpaired) electrons. The van der Waals surface area contributed by atoms with Crippen molar-refractivity contribution in [2.75, 3.05) is 36.9 Å². The van der Waals surface area contributed by atoms with Crippen LogP contribution in [0.25, 0.3) is 0 Å². The number of halogens is 1. The maximum atomic E-state index is 12.0.